The number of hydrogen-bond acceptors (Lipinski definition) is 4. The molecule has 0 aliphatic carbocycles. The number of aromatic amines is 1. The van der Waals surface area contributed by atoms with Crippen LogP contribution in [-0.4, -0.2) is 19.7 Å². The van der Waals surface area contributed by atoms with Crippen molar-refractivity contribution in [1.29, 1.82) is 0 Å². The van der Waals surface area contributed by atoms with Gasteiger partial charge in [-0.05, 0) is 30.3 Å². The minimum Gasteiger partial charge on any atom is -0.290 e. The Hall–Kier alpha value is -3.19. The van der Waals surface area contributed by atoms with Gasteiger partial charge in [-0.3, -0.25) is 25.0 Å². The molecule has 0 fully saturated rings. The standard InChI is InChI=1S/C16H9ClN4O3/c17-9-1-3-10(4-2-9)20-16(22)13-8-18-14-6-5-11(21(23)24)7-12(14)15(13)19-20/h1-8,19H. The lowest BCUT2D eigenvalue weighted by molar-refractivity contribution is -0.384. The zero-order valence-corrected chi connectivity index (χ0v) is 12.8. The molecule has 0 saturated carbocycles. The summed E-state index contributed by atoms with van der Waals surface area (Å²) >= 11 is 5.87. The third kappa shape index (κ3) is 2.14. The second kappa shape index (κ2) is 5.17. The highest BCUT2D eigenvalue weighted by Crippen LogP contribution is 2.25. The number of nitro benzene ring substituents is 1. The number of aromatic nitrogens is 3. The molecule has 0 bridgehead atoms. The van der Waals surface area contributed by atoms with Crippen LogP contribution in [0.5, 0.6) is 0 Å². The van der Waals surface area contributed by atoms with Crippen molar-refractivity contribution in [1.82, 2.24) is 14.8 Å². The van der Waals surface area contributed by atoms with E-state index in [-0.39, 0.29) is 11.2 Å². The lowest BCUT2D eigenvalue weighted by atomic mass is 10.1. The molecule has 0 aliphatic heterocycles. The fourth-order valence-electron chi connectivity index (χ4n) is 2.63. The zero-order valence-electron chi connectivity index (χ0n) is 12.1. The summed E-state index contributed by atoms with van der Waals surface area (Å²) < 4.78 is 1.36. The van der Waals surface area contributed by atoms with Crippen LogP contribution >= 0.6 is 11.6 Å². The van der Waals surface area contributed by atoms with Crippen molar-refractivity contribution >= 4 is 39.1 Å². The van der Waals surface area contributed by atoms with E-state index in [1.807, 2.05) is 0 Å². The number of hydrogen-bond donors (Lipinski definition) is 1. The van der Waals surface area contributed by atoms with Gasteiger partial charge in [0.15, 0.2) is 0 Å². The van der Waals surface area contributed by atoms with Crippen molar-refractivity contribution in [2.45, 2.75) is 0 Å². The van der Waals surface area contributed by atoms with E-state index in [9.17, 15) is 14.9 Å². The highest BCUT2D eigenvalue weighted by atomic mass is 35.5. The molecule has 0 spiro atoms. The van der Waals surface area contributed by atoms with Gasteiger partial charge in [0.2, 0.25) is 0 Å². The smallest absolute Gasteiger partial charge is 0.280 e. The highest BCUT2D eigenvalue weighted by Gasteiger charge is 2.14. The number of rotatable bonds is 2. The Bertz CT molecular complexity index is 1160. The molecule has 2 heterocycles. The number of benzene rings is 2. The number of non-ortho nitro benzene ring substituents is 1. The number of nitrogens with zero attached hydrogens (tertiary/aromatic N) is 3. The summed E-state index contributed by atoms with van der Waals surface area (Å²) in [4.78, 5) is 27.3. The second-order valence-corrected chi connectivity index (χ2v) is 5.67. The molecule has 4 rings (SSSR count). The zero-order chi connectivity index (χ0) is 16.8. The third-order valence-electron chi connectivity index (χ3n) is 3.80. The van der Waals surface area contributed by atoms with E-state index in [0.29, 0.717) is 32.5 Å². The van der Waals surface area contributed by atoms with Crippen LogP contribution in [0.15, 0.2) is 53.5 Å². The summed E-state index contributed by atoms with van der Waals surface area (Å²) in [5.41, 5.74) is 1.34. The number of H-pyrrole nitrogens is 1. The number of nitrogens with one attached hydrogen (secondary N) is 1. The fourth-order valence-corrected chi connectivity index (χ4v) is 2.76. The van der Waals surface area contributed by atoms with Gasteiger partial charge in [-0.2, -0.15) is 0 Å². The Kier molecular flexibility index (Phi) is 3.10. The number of nitro groups is 1. The SMILES string of the molecule is O=c1c2cnc3ccc([N+](=O)[O-])cc3c2[nH]n1-c1ccc(Cl)cc1. The van der Waals surface area contributed by atoms with E-state index < -0.39 is 4.92 Å². The summed E-state index contributed by atoms with van der Waals surface area (Å²) in [6.45, 7) is 0. The Morgan fingerprint density at radius 2 is 1.88 bits per heavy atom. The van der Waals surface area contributed by atoms with Crippen LogP contribution in [-0.2, 0) is 0 Å². The van der Waals surface area contributed by atoms with Crippen molar-refractivity contribution in [2.24, 2.45) is 0 Å². The van der Waals surface area contributed by atoms with E-state index in [1.54, 1.807) is 30.3 Å². The number of pyridine rings is 1. The van der Waals surface area contributed by atoms with Gasteiger partial charge in [0.25, 0.3) is 11.2 Å². The van der Waals surface area contributed by atoms with Gasteiger partial charge in [-0.25, -0.2) is 4.68 Å². The van der Waals surface area contributed by atoms with Crippen LogP contribution in [0.25, 0.3) is 27.5 Å². The van der Waals surface area contributed by atoms with Crippen molar-refractivity contribution in [3.63, 3.8) is 0 Å². The van der Waals surface area contributed by atoms with Crippen LogP contribution < -0.4 is 5.56 Å². The summed E-state index contributed by atoms with van der Waals surface area (Å²) in [5.74, 6) is 0. The molecule has 2 aromatic heterocycles. The number of fused-ring (bicyclic) bond motifs is 3. The Morgan fingerprint density at radius 3 is 2.58 bits per heavy atom. The maximum absolute atomic E-state index is 12.6. The van der Waals surface area contributed by atoms with E-state index in [4.69, 9.17) is 11.6 Å². The normalized spacial score (nSPS) is 11.2. The largest absolute Gasteiger partial charge is 0.290 e. The quantitative estimate of drug-likeness (QED) is 0.447. The first kappa shape index (κ1) is 14.4. The van der Waals surface area contributed by atoms with Crippen molar-refractivity contribution in [3.8, 4) is 5.69 Å². The molecule has 7 nitrogen and oxygen atoms in total. The molecule has 118 valence electrons. The predicted octanol–water partition coefficient (Wildman–Crippen LogP) is 3.43. The maximum Gasteiger partial charge on any atom is 0.280 e. The van der Waals surface area contributed by atoms with Crippen molar-refractivity contribution in [3.05, 3.63) is 74.2 Å². The average molecular weight is 341 g/mol. The van der Waals surface area contributed by atoms with Gasteiger partial charge in [-0.1, -0.05) is 11.6 Å². The lowest BCUT2D eigenvalue weighted by Gasteiger charge is -2.01. The van der Waals surface area contributed by atoms with Crippen molar-refractivity contribution < 1.29 is 4.92 Å². The third-order valence-corrected chi connectivity index (χ3v) is 4.06. The van der Waals surface area contributed by atoms with E-state index in [0.717, 1.165) is 0 Å². The fraction of sp³-hybridized carbons (Fsp3) is 0. The molecule has 2 aromatic carbocycles. The Morgan fingerprint density at radius 1 is 1.12 bits per heavy atom. The molecule has 0 radical (unpaired) electrons. The second-order valence-electron chi connectivity index (χ2n) is 5.23. The van der Waals surface area contributed by atoms with Gasteiger partial charge in [0.05, 0.1) is 27.0 Å². The van der Waals surface area contributed by atoms with Crippen LogP contribution in [0.4, 0.5) is 5.69 Å². The minimum atomic E-state index is -0.480. The summed E-state index contributed by atoms with van der Waals surface area (Å²) in [6, 6.07) is 11.1. The van der Waals surface area contributed by atoms with E-state index in [1.165, 1.54) is 23.0 Å². The van der Waals surface area contributed by atoms with Gasteiger partial charge in [-0.15, -0.1) is 0 Å². The molecule has 8 heteroatoms. The first-order valence-electron chi connectivity index (χ1n) is 6.98. The van der Waals surface area contributed by atoms with Crippen LogP contribution in [0, 0.1) is 10.1 Å². The molecular weight excluding hydrogens is 332 g/mol. The molecule has 0 atom stereocenters. The highest BCUT2D eigenvalue weighted by molar-refractivity contribution is 6.30. The van der Waals surface area contributed by atoms with Crippen LogP contribution in [0.2, 0.25) is 5.02 Å². The molecule has 0 saturated heterocycles. The average Bonchev–Trinajstić information content (AvgIpc) is 2.92. The van der Waals surface area contributed by atoms with Crippen LogP contribution in [0.1, 0.15) is 0 Å². The first-order chi connectivity index (χ1) is 11.5. The molecule has 24 heavy (non-hydrogen) atoms. The van der Waals surface area contributed by atoms with E-state index in [2.05, 4.69) is 10.1 Å². The summed E-state index contributed by atoms with van der Waals surface area (Å²) in [5, 5.41) is 15.4. The van der Waals surface area contributed by atoms with Gasteiger partial charge < -0.3 is 0 Å². The first-order valence-corrected chi connectivity index (χ1v) is 7.36. The van der Waals surface area contributed by atoms with Crippen LogP contribution in [0.3, 0.4) is 0 Å². The number of halogens is 1. The molecule has 0 aliphatic rings. The Labute approximate surface area is 139 Å². The topological polar surface area (TPSA) is 93.8 Å². The van der Waals surface area contributed by atoms with Crippen molar-refractivity contribution in [2.75, 3.05) is 0 Å². The molecule has 4 aromatic rings. The summed E-state index contributed by atoms with van der Waals surface area (Å²) in [7, 11) is 0. The molecule has 0 unspecified atom stereocenters. The molecule has 0 amide bonds. The monoisotopic (exact) mass is 340 g/mol. The predicted molar refractivity (Wildman–Crippen MR) is 90.9 cm³/mol. The minimum absolute atomic E-state index is 0.0584. The van der Waals surface area contributed by atoms with Gasteiger partial charge in [0.1, 0.15) is 0 Å². The van der Waals surface area contributed by atoms with E-state index >= 15 is 0 Å². The van der Waals surface area contributed by atoms with Gasteiger partial charge >= 0.3 is 0 Å². The maximum atomic E-state index is 12.6. The molecule has 1 N–H and O–H groups in total. The van der Waals surface area contributed by atoms with Gasteiger partial charge in [0, 0.05) is 28.7 Å². The molecular formula is C16H9ClN4O3. The lowest BCUT2D eigenvalue weighted by Crippen LogP contribution is -2.13. The summed E-state index contributed by atoms with van der Waals surface area (Å²) in [6.07, 6.45) is 1.47. The Balaban J connectivity index is 2.05.